The van der Waals surface area contributed by atoms with Gasteiger partial charge in [-0.1, -0.05) is 0 Å². The van der Waals surface area contributed by atoms with E-state index in [2.05, 4.69) is 5.32 Å². The number of halogens is 2. The molecule has 0 heterocycles. The fourth-order valence-electron chi connectivity index (χ4n) is 1.29. The summed E-state index contributed by atoms with van der Waals surface area (Å²) in [5, 5.41) is 3.17. The summed E-state index contributed by atoms with van der Waals surface area (Å²) in [6.07, 6.45) is 2.56. The van der Waals surface area contributed by atoms with Gasteiger partial charge in [-0.15, -0.1) is 0 Å². The monoisotopic (exact) mass is 306 g/mol. The van der Waals surface area contributed by atoms with Crippen molar-refractivity contribution in [1.29, 1.82) is 0 Å². The quantitative estimate of drug-likeness (QED) is 0.666. The third kappa shape index (κ3) is 2.29. The molecule has 0 saturated heterocycles. The number of nitrogens with one attached hydrogen (secondary N) is 1. The van der Waals surface area contributed by atoms with E-state index in [0.717, 1.165) is 18.2 Å². The zero-order valence-electron chi connectivity index (χ0n) is 7.69. The second-order valence-corrected chi connectivity index (χ2v) is 4.84. The van der Waals surface area contributed by atoms with Crippen LogP contribution in [0.25, 0.3) is 0 Å². The standard InChI is InChI=1S/C10H12FIN2/c11-7-3-10(9(13)4-8(7)12)14-5-6-1-2-6/h3-4,6,14H,1-2,5,13H2. The Labute approximate surface area is 96.2 Å². The summed E-state index contributed by atoms with van der Waals surface area (Å²) in [6.45, 7) is 0.907. The van der Waals surface area contributed by atoms with E-state index in [-0.39, 0.29) is 5.82 Å². The number of anilines is 2. The van der Waals surface area contributed by atoms with Crippen molar-refractivity contribution in [3.05, 3.63) is 21.5 Å². The Morgan fingerprint density at radius 2 is 2.21 bits per heavy atom. The molecule has 1 fully saturated rings. The maximum atomic E-state index is 13.2. The van der Waals surface area contributed by atoms with E-state index in [1.165, 1.54) is 18.9 Å². The van der Waals surface area contributed by atoms with E-state index in [4.69, 9.17) is 5.73 Å². The van der Waals surface area contributed by atoms with Crippen molar-refractivity contribution < 1.29 is 4.39 Å². The number of nitrogens with two attached hydrogens (primary N) is 1. The highest BCUT2D eigenvalue weighted by atomic mass is 127. The third-order valence-electron chi connectivity index (χ3n) is 2.37. The lowest BCUT2D eigenvalue weighted by atomic mass is 10.2. The highest BCUT2D eigenvalue weighted by Gasteiger charge is 2.21. The molecule has 0 unspecified atom stereocenters. The van der Waals surface area contributed by atoms with Crippen LogP contribution in [0.5, 0.6) is 0 Å². The summed E-state index contributed by atoms with van der Waals surface area (Å²) in [4.78, 5) is 0. The van der Waals surface area contributed by atoms with Gasteiger partial charge in [0.15, 0.2) is 0 Å². The molecule has 0 aliphatic heterocycles. The van der Waals surface area contributed by atoms with E-state index in [1.54, 1.807) is 6.07 Å². The molecule has 14 heavy (non-hydrogen) atoms. The molecule has 2 rings (SSSR count). The van der Waals surface area contributed by atoms with Gasteiger partial charge in [0.1, 0.15) is 5.82 Å². The maximum Gasteiger partial charge on any atom is 0.138 e. The summed E-state index contributed by atoms with van der Waals surface area (Å²) >= 11 is 1.94. The maximum absolute atomic E-state index is 13.2. The Morgan fingerprint density at radius 3 is 2.86 bits per heavy atom. The number of nitrogen functional groups attached to an aromatic ring is 1. The molecule has 1 aromatic carbocycles. The SMILES string of the molecule is Nc1cc(I)c(F)cc1NCC1CC1. The van der Waals surface area contributed by atoms with Crippen LogP contribution in [0.15, 0.2) is 12.1 Å². The van der Waals surface area contributed by atoms with Crippen LogP contribution in [-0.2, 0) is 0 Å². The lowest BCUT2D eigenvalue weighted by Gasteiger charge is -2.09. The van der Waals surface area contributed by atoms with Gasteiger partial charge in [-0.05, 0) is 47.4 Å². The molecule has 3 N–H and O–H groups in total. The normalized spacial score (nSPS) is 15.6. The van der Waals surface area contributed by atoms with Crippen LogP contribution in [0.3, 0.4) is 0 Å². The molecule has 0 spiro atoms. The molecule has 0 aromatic heterocycles. The van der Waals surface area contributed by atoms with Gasteiger partial charge in [-0.25, -0.2) is 4.39 Å². The first-order valence-electron chi connectivity index (χ1n) is 4.65. The largest absolute Gasteiger partial charge is 0.397 e. The predicted octanol–water partition coefficient (Wildman–Crippen LogP) is 2.83. The van der Waals surface area contributed by atoms with E-state index in [0.29, 0.717) is 9.26 Å². The van der Waals surface area contributed by atoms with Crippen LogP contribution in [0.4, 0.5) is 15.8 Å². The molecule has 76 valence electrons. The summed E-state index contributed by atoms with van der Waals surface area (Å²) in [5.41, 5.74) is 7.10. The second kappa shape index (κ2) is 3.92. The van der Waals surface area contributed by atoms with Gasteiger partial charge >= 0.3 is 0 Å². The van der Waals surface area contributed by atoms with Gasteiger partial charge in [0, 0.05) is 12.6 Å². The van der Waals surface area contributed by atoms with Crippen LogP contribution in [0.2, 0.25) is 0 Å². The molecule has 0 radical (unpaired) electrons. The Bertz CT molecular complexity index is 350. The Hall–Kier alpha value is -0.520. The van der Waals surface area contributed by atoms with E-state index in [9.17, 15) is 4.39 Å². The Kier molecular flexibility index (Phi) is 2.80. The Morgan fingerprint density at radius 1 is 1.50 bits per heavy atom. The van der Waals surface area contributed by atoms with Crippen molar-refractivity contribution in [2.24, 2.45) is 5.92 Å². The van der Waals surface area contributed by atoms with E-state index < -0.39 is 0 Å². The first-order chi connectivity index (χ1) is 6.66. The van der Waals surface area contributed by atoms with Gasteiger partial charge in [0.2, 0.25) is 0 Å². The minimum atomic E-state index is -0.210. The summed E-state index contributed by atoms with van der Waals surface area (Å²) in [6, 6.07) is 3.13. The molecule has 0 bridgehead atoms. The van der Waals surface area contributed by atoms with Crippen molar-refractivity contribution in [3.63, 3.8) is 0 Å². The molecule has 1 aliphatic rings. The number of hydrogen-bond acceptors (Lipinski definition) is 2. The van der Waals surface area contributed by atoms with Crippen molar-refractivity contribution in [2.45, 2.75) is 12.8 Å². The number of benzene rings is 1. The fraction of sp³-hybridized carbons (Fsp3) is 0.400. The predicted molar refractivity (Wildman–Crippen MR) is 64.7 cm³/mol. The van der Waals surface area contributed by atoms with Gasteiger partial charge in [-0.3, -0.25) is 0 Å². The molecule has 0 atom stereocenters. The lowest BCUT2D eigenvalue weighted by Crippen LogP contribution is -2.06. The van der Waals surface area contributed by atoms with Crippen molar-refractivity contribution >= 4 is 34.0 Å². The minimum absolute atomic E-state index is 0.210. The molecule has 1 saturated carbocycles. The molecular weight excluding hydrogens is 294 g/mol. The number of rotatable bonds is 3. The molecule has 0 amide bonds. The van der Waals surface area contributed by atoms with Crippen molar-refractivity contribution in [3.8, 4) is 0 Å². The topological polar surface area (TPSA) is 38.0 Å². The molecule has 2 nitrogen and oxygen atoms in total. The van der Waals surface area contributed by atoms with Crippen molar-refractivity contribution in [1.82, 2.24) is 0 Å². The summed E-state index contributed by atoms with van der Waals surface area (Å²) in [5.74, 6) is 0.551. The first kappa shape index (κ1) is 10.0. The van der Waals surface area contributed by atoms with Crippen LogP contribution in [-0.4, -0.2) is 6.54 Å². The third-order valence-corrected chi connectivity index (χ3v) is 3.20. The van der Waals surface area contributed by atoms with Crippen LogP contribution in [0.1, 0.15) is 12.8 Å². The molecule has 1 aromatic rings. The minimum Gasteiger partial charge on any atom is -0.397 e. The van der Waals surface area contributed by atoms with Gasteiger partial charge in [-0.2, -0.15) is 0 Å². The average molecular weight is 306 g/mol. The lowest BCUT2D eigenvalue weighted by molar-refractivity contribution is 0.621. The summed E-state index contributed by atoms with van der Waals surface area (Å²) < 4.78 is 13.8. The van der Waals surface area contributed by atoms with E-state index in [1.807, 2.05) is 22.6 Å². The van der Waals surface area contributed by atoms with Gasteiger partial charge in [0.05, 0.1) is 14.9 Å². The second-order valence-electron chi connectivity index (χ2n) is 3.68. The fourth-order valence-corrected chi connectivity index (χ4v) is 1.78. The Balaban J connectivity index is 2.10. The number of hydrogen-bond donors (Lipinski definition) is 2. The highest BCUT2D eigenvalue weighted by molar-refractivity contribution is 14.1. The molecule has 4 heteroatoms. The molecule has 1 aliphatic carbocycles. The smallest absolute Gasteiger partial charge is 0.138 e. The van der Waals surface area contributed by atoms with Crippen LogP contribution in [0, 0.1) is 15.3 Å². The van der Waals surface area contributed by atoms with Crippen LogP contribution >= 0.6 is 22.6 Å². The van der Waals surface area contributed by atoms with Gasteiger partial charge < -0.3 is 11.1 Å². The first-order valence-corrected chi connectivity index (χ1v) is 5.73. The van der Waals surface area contributed by atoms with E-state index >= 15 is 0 Å². The zero-order valence-corrected chi connectivity index (χ0v) is 9.84. The summed E-state index contributed by atoms with van der Waals surface area (Å²) in [7, 11) is 0. The average Bonchev–Trinajstić information content (AvgIpc) is 2.92. The van der Waals surface area contributed by atoms with Gasteiger partial charge in [0.25, 0.3) is 0 Å². The zero-order chi connectivity index (χ0) is 10.1. The molecular formula is C10H12FIN2. The van der Waals surface area contributed by atoms with Crippen molar-refractivity contribution in [2.75, 3.05) is 17.6 Å². The van der Waals surface area contributed by atoms with Crippen LogP contribution < -0.4 is 11.1 Å². The highest BCUT2D eigenvalue weighted by Crippen LogP contribution is 2.30.